The van der Waals surface area contributed by atoms with Gasteiger partial charge in [0.15, 0.2) is 0 Å². The molecule has 0 saturated carbocycles. The highest BCUT2D eigenvalue weighted by atomic mass is 32.2. The molecule has 2 saturated heterocycles. The van der Waals surface area contributed by atoms with E-state index >= 15 is 0 Å². The lowest BCUT2D eigenvalue weighted by Gasteiger charge is -2.30. The van der Waals surface area contributed by atoms with Crippen molar-refractivity contribution in [3.63, 3.8) is 0 Å². The fourth-order valence-corrected chi connectivity index (χ4v) is 8.55. The van der Waals surface area contributed by atoms with Gasteiger partial charge in [0.05, 0.1) is 44.0 Å². The fraction of sp³-hybridized carbons (Fsp3) is 0.366. The Labute approximate surface area is 329 Å². The van der Waals surface area contributed by atoms with Gasteiger partial charge < -0.3 is 39.9 Å². The summed E-state index contributed by atoms with van der Waals surface area (Å²) >= 11 is 1.63. The minimum absolute atomic E-state index is 0.105. The molecule has 7 rings (SSSR count). The van der Waals surface area contributed by atoms with Gasteiger partial charge in [0.1, 0.15) is 29.1 Å². The number of nitrogens with zero attached hydrogens (tertiary/aromatic N) is 4. The molecular formula is C41H46N8O6S. The Morgan fingerprint density at radius 1 is 0.732 bits per heavy atom. The zero-order valence-electron chi connectivity index (χ0n) is 32.0. The molecule has 2 fully saturated rings. The molecule has 0 radical (unpaired) electrons. The maximum absolute atomic E-state index is 13.6. The van der Waals surface area contributed by atoms with E-state index in [0.717, 1.165) is 68.8 Å². The number of imidazole rings is 2. The first-order valence-electron chi connectivity index (χ1n) is 18.7. The van der Waals surface area contributed by atoms with Crippen molar-refractivity contribution in [3.8, 4) is 33.6 Å². The van der Waals surface area contributed by atoms with Crippen molar-refractivity contribution in [2.45, 2.75) is 57.1 Å². The number of fused-ring (bicyclic) bond motifs is 1. The third kappa shape index (κ3) is 7.94. The van der Waals surface area contributed by atoms with Gasteiger partial charge in [-0.25, -0.2) is 19.6 Å². The number of hydrogen-bond donors (Lipinski definition) is 4. The van der Waals surface area contributed by atoms with Crippen molar-refractivity contribution < 1.29 is 28.7 Å². The molecule has 2 aliphatic rings. The predicted octanol–water partition coefficient (Wildman–Crippen LogP) is 6.65. The number of aromatic amines is 2. The zero-order chi connectivity index (χ0) is 39.5. The molecule has 0 bridgehead atoms. The van der Waals surface area contributed by atoms with E-state index in [1.807, 2.05) is 24.9 Å². The highest BCUT2D eigenvalue weighted by Gasteiger charge is 2.38. The maximum Gasteiger partial charge on any atom is 0.407 e. The minimum atomic E-state index is -0.719. The van der Waals surface area contributed by atoms with Gasteiger partial charge in [-0.1, -0.05) is 62.4 Å². The van der Waals surface area contributed by atoms with E-state index in [0.29, 0.717) is 18.9 Å². The average molecular weight is 779 g/mol. The molecule has 4 N–H and O–H groups in total. The second-order valence-electron chi connectivity index (χ2n) is 14.4. The monoisotopic (exact) mass is 778 g/mol. The first-order chi connectivity index (χ1) is 27.0. The van der Waals surface area contributed by atoms with E-state index in [-0.39, 0.29) is 29.1 Å². The van der Waals surface area contributed by atoms with Crippen molar-refractivity contribution in [2.75, 3.05) is 33.1 Å². The normalized spacial score (nSPS) is 17.9. The summed E-state index contributed by atoms with van der Waals surface area (Å²) in [5.74, 6) is 1.75. The lowest BCUT2D eigenvalue weighted by molar-refractivity contribution is -0.135. The first kappa shape index (κ1) is 38.4. The third-order valence-corrected chi connectivity index (χ3v) is 11.6. The van der Waals surface area contributed by atoms with E-state index in [1.165, 1.54) is 14.2 Å². The van der Waals surface area contributed by atoms with Gasteiger partial charge in [-0.3, -0.25) is 9.59 Å². The van der Waals surface area contributed by atoms with Crippen molar-refractivity contribution >= 4 is 46.5 Å². The lowest BCUT2D eigenvalue weighted by atomic mass is 9.98. The van der Waals surface area contributed by atoms with Crippen LogP contribution in [-0.2, 0) is 19.1 Å². The van der Waals surface area contributed by atoms with Gasteiger partial charge in [-0.05, 0) is 65.3 Å². The van der Waals surface area contributed by atoms with Gasteiger partial charge in [-0.2, -0.15) is 0 Å². The Morgan fingerprint density at radius 2 is 1.32 bits per heavy atom. The summed E-state index contributed by atoms with van der Waals surface area (Å²) < 4.78 is 9.41. The first-order valence-corrected chi connectivity index (χ1v) is 19.8. The summed E-state index contributed by atoms with van der Waals surface area (Å²) in [4.78, 5) is 70.0. The van der Waals surface area contributed by atoms with Crippen molar-refractivity contribution in [3.05, 3.63) is 84.7 Å². The number of rotatable bonds is 10. The molecule has 2 aromatic heterocycles. The molecule has 3 aromatic carbocycles. The number of carbonyl (C=O) groups is 4. The molecule has 292 valence electrons. The molecule has 0 aliphatic carbocycles. The van der Waals surface area contributed by atoms with Crippen LogP contribution in [0.1, 0.15) is 56.7 Å². The molecule has 2 aliphatic heterocycles. The third-order valence-electron chi connectivity index (χ3n) is 10.4. The molecule has 15 heteroatoms. The number of likely N-dealkylation sites (tertiary alicyclic amines) is 1. The molecular weight excluding hydrogens is 733 g/mol. The smallest absolute Gasteiger partial charge is 0.407 e. The topological polar surface area (TPSA) is 175 Å². The fourth-order valence-electron chi connectivity index (χ4n) is 7.36. The second-order valence-corrected chi connectivity index (χ2v) is 15.6. The average Bonchev–Trinajstić information content (AvgIpc) is 4.06. The van der Waals surface area contributed by atoms with Crippen molar-refractivity contribution in [2.24, 2.45) is 5.92 Å². The minimum Gasteiger partial charge on any atom is -0.453 e. The highest BCUT2D eigenvalue weighted by molar-refractivity contribution is 7.99. The van der Waals surface area contributed by atoms with Gasteiger partial charge in [0.2, 0.25) is 11.8 Å². The van der Waals surface area contributed by atoms with Gasteiger partial charge in [0.25, 0.3) is 0 Å². The lowest BCUT2D eigenvalue weighted by Crippen LogP contribution is -2.51. The van der Waals surface area contributed by atoms with Crippen LogP contribution in [0, 0.1) is 5.92 Å². The molecule has 14 nitrogen and oxygen atoms in total. The van der Waals surface area contributed by atoms with Crippen molar-refractivity contribution in [1.82, 2.24) is 40.4 Å². The highest BCUT2D eigenvalue weighted by Crippen LogP contribution is 2.38. The summed E-state index contributed by atoms with van der Waals surface area (Å²) in [7, 11) is 2.56. The number of hydrogen-bond acceptors (Lipinski definition) is 9. The standard InChI is InChI=1S/C41H46N8O6S/c1-23(2)34(47-41(53)55-5)38(51)48-16-6-7-33(48)35-42-22-32(45-35)30-15-14-28-19-27(12-13-29(28)20-30)25-8-10-26(11-9-25)31-21-43-36(46-31)39-49(17-18-56-39)37(50)24(3)44-40(52)54-4/h8-15,19-24,33-34,39H,6-7,16-18H2,1-5H3,(H,42,45)(H,43,46)(H,44,52)(H,47,53)/t24-,33+,34+,39+/m1/s1. The number of aromatic nitrogens is 4. The van der Waals surface area contributed by atoms with Crippen molar-refractivity contribution in [1.29, 1.82) is 0 Å². The van der Waals surface area contributed by atoms with Gasteiger partial charge in [-0.15, -0.1) is 11.8 Å². The number of nitrogens with one attached hydrogen (secondary N) is 4. The van der Waals surface area contributed by atoms with Crippen LogP contribution < -0.4 is 10.6 Å². The number of benzene rings is 3. The Bertz CT molecular complexity index is 2240. The number of carbonyl (C=O) groups excluding carboxylic acids is 4. The summed E-state index contributed by atoms with van der Waals surface area (Å²) in [6.45, 7) is 6.61. The summed E-state index contributed by atoms with van der Waals surface area (Å²) in [5.41, 5.74) is 5.84. The molecule has 5 aromatic rings. The van der Waals surface area contributed by atoms with Crippen LogP contribution in [0.25, 0.3) is 44.4 Å². The number of methoxy groups -OCH3 is 2. The van der Waals surface area contributed by atoms with E-state index in [1.54, 1.807) is 29.8 Å². The molecule has 4 heterocycles. The Balaban J connectivity index is 1.02. The van der Waals surface area contributed by atoms with E-state index in [4.69, 9.17) is 9.72 Å². The Morgan fingerprint density at radius 3 is 2.02 bits per heavy atom. The van der Waals surface area contributed by atoms with Crippen LogP contribution >= 0.6 is 11.8 Å². The summed E-state index contributed by atoms with van der Waals surface area (Å²) in [6.07, 6.45) is 3.97. The predicted molar refractivity (Wildman–Crippen MR) is 214 cm³/mol. The van der Waals surface area contributed by atoms with Crippen LogP contribution in [0.5, 0.6) is 0 Å². The van der Waals surface area contributed by atoms with E-state index in [9.17, 15) is 19.2 Å². The number of H-pyrrole nitrogens is 2. The Kier molecular flexibility index (Phi) is 11.3. The number of thioether (sulfide) groups is 1. The van der Waals surface area contributed by atoms with Crippen LogP contribution in [-0.4, -0.2) is 98.9 Å². The van der Waals surface area contributed by atoms with Gasteiger partial charge >= 0.3 is 12.2 Å². The van der Waals surface area contributed by atoms with Crippen LogP contribution in [0.3, 0.4) is 0 Å². The largest absolute Gasteiger partial charge is 0.453 e. The van der Waals surface area contributed by atoms with Crippen LogP contribution in [0.4, 0.5) is 9.59 Å². The molecule has 4 amide bonds. The zero-order valence-corrected chi connectivity index (χ0v) is 32.8. The molecule has 0 spiro atoms. The van der Waals surface area contributed by atoms with Crippen LogP contribution in [0.15, 0.2) is 73.1 Å². The molecule has 56 heavy (non-hydrogen) atoms. The maximum atomic E-state index is 13.6. The van der Waals surface area contributed by atoms with Gasteiger partial charge in [0, 0.05) is 24.4 Å². The molecule has 0 unspecified atom stereocenters. The number of amides is 4. The Hall–Kier alpha value is -5.83. The summed E-state index contributed by atoms with van der Waals surface area (Å²) in [6, 6.07) is 19.4. The number of alkyl carbamates (subject to hydrolysis) is 2. The molecule has 4 atom stereocenters. The quantitative estimate of drug-likeness (QED) is 0.121. The number of ether oxygens (including phenoxy) is 2. The van der Waals surface area contributed by atoms with E-state index < -0.39 is 24.3 Å². The summed E-state index contributed by atoms with van der Waals surface area (Å²) in [5, 5.41) is 7.16. The SMILES string of the molecule is COC(=O)N[C@H](C(=O)N1CCC[C@H]1c1ncc(-c2ccc3cc(-c4ccc(-c5cnc([C@@H]6SCCN6C(=O)[C@@H](C)NC(=O)OC)[nH]5)cc4)ccc3c2)[nH]1)C(C)C. The van der Waals surface area contributed by atoms with E-state index in [2.05, 4.69) is 91.0 Å². The second kappa shape index (κ2) is 16.5. The van der Waals surface area contributed by atoms with Crippen LogP contribution in [0.2, 0.25) is 0 Å².